The van der Waals surface area contributed by atoms with E-state index in [1.807, 2.05) is 60.7 Å². The largest absolute Gasteiger partial charge is 0.351 e. The Morgan fingerprint density at radius 3 is 1.81 bits per heavy atom. The van der Waals surface area contributed by atoms with E-state index in [4.69, 9.17) is 0 Å². The lowest BCUT2D eigenvalue weighted by molar-refractivity contribution is -0.131. The van der Waals surface area contributed by atoms with Crippen LogP contribution in [-0.4, -0.2) is 18.9 Å². The van der Waals surface area contributed by atoms with Gasteiger partial charge in [-0.1, -0.05) is 60.7 Å². The standard InChI is InChI=1S/C17H17F2NO/c18-16(19)17(21)20-12-11-15(13-7-3-1-4-8-13)14-9-5-2-6-10-14/h1-10,15-16H,11-12H2,(H,20,21). The quantitative estimate of drug-likeness (QED) is 0.865. The molecule has 0 atom stereocenters. The number of carbonyl (C=O) groups is 1. The Hall–Kier alpha value is -2.23. The Morgan fingerprint density at radius 1 is 0.905 bits per heavy atom. The molecule has 1 N–H and O–H groups in total. The highest BCUT2D eigenvalue weighted by atomic mass is 19.3. The van der Waals surface area contributed by atoms with Crippen LogP contribution in [0.3, 0.4) is 0 Å². The normalized spacial score (nSPS) is 10.9. The zero-order valence-electron chi connectivity index (χ0n) is 11.5. The Morgan fingerprint density at radius 2 is 1.38 bits per heavy atom. The third-order valence-electron chi connectivity index (χ3n) is 3.33. The molecule has 0 aromatic heterocycles. The van der Waals surface area contributed by atoms with E-state index >= 15 is 0 Å². The van der Waals surface area contributed by atoms with Crippen LogP contribution in [0.1, 0.15) is 23.5 Å². The molecule has 0 aliphatic carbocycles. The van der Waals surface area contributed by atoms with Gasteiger partial charge in [0.1, 0.15) is 0 Å². The summed E-state index contributed by atoms with van der Waals surface area (Å²) in [7, 11) is 0. The highest BCUT2D eigenvalue weighted by Crippen LogP contribution is 2.27. The molecule has 0 radical (unpaired) electrons. The van der Waals surface area contributed by atoms with Crippen LogP contribution in [0.4, 0.5) is 8.78 Å². The van der Waals surface area contributed by atoms with Gasteiger partial charge in [-0.15, -0.1) is 0 Å². The van der Waals surface area contributed by atoms with Gasteiger partial charge in [0.2, 0.25) is 0 Å². The molecule has 0 saturated heterocycles. The van der Waals surface area contributed by atoms with E-state index in [0.717, 1.165) is 11.1 Å². The molecule has 21 heavy (non-hydrogen) atoms. The van der Waals surface area contributed by atoms with E-state index in [9.17, 15) is 13.6 Å². The number of alkyl halides is 2. The fourth-order valence-corrected chi connectivity index (χ4v) is 2.31. The highest BCUT2D eigenvalue weighted by molar-refractivity contribution is 5.78. The molecule has 2 aromatic rings. The van der Waals surface area contributed by atoms with Gasteiger partial charge in [0.05, 0.1) is 0 Å². The van der Waals surface area contributed by atoms with Crippen LogP contribution in [0.15, 0.2) is 60.7 Å². The number of hydrogen-bond donors (Lipinski definition) is 1. The number of rotatable bonds is 6. The average Bonchev–Trinajstić information content (AvgIpc) is 2.53. The second-order valence-electron chi connectivity index (χ2n) is 4.75. The van der Waals surface area contributed by atoms with Gasteiger partial charge in [0, 0.05) is 12.5 Å². The fourth-order valence-electron chi connectivity index (χ4n) is 2.31. The minimum Gasteiger partial charge on any atom is -0.351 e. The van der Waals surface area contributed by atoms with E-state index in [2.05, 4.69) is 5.32 Å². The van der Waals surface area contributed by atoms with Crippen LogP contribution in [-0.2, 0) is 4.79 Å². The van der Waals surface area contributed by atoms with Crippen LogP contribution >= 0.6 is 0 Å². The Kier molecular flexibility index (Phi) is 5.43. The first-order valence-electron chi connectivity index (χ1n) is 6.84. The lowest BCUT2D eigenvalue weighted by Crippen LogP contribution is -2.31. The third-order valence-corrected chi connectivity index (χ3v) is 3.33. The summed E-state index contributed by atoms with van der Waals surface area (Å²) in [5.41, 5.74) is 2.21. The van der Waals surface area contributed by atoms with Gasteiger partial charge in [-0.2, -0.15) is 8.78 Å². The number of carbonyl (C=O) groups excluding carboxylic acids is 1. The molecule has 2 aromatic carbocycles. The Labute approximate surface area is 122 Å². The van der Waals surface area contributed by atoms with Crippen molar-refractivity contribution in [1.82, 2.24) is 5.32 Å². The molecule has 0 aliphatic heterocycles. The second-order valence-corrected chi connectivity index (χ2v) is 4.75. The van der Waals surface area contributed by atoms with Crippen molar-refractivity contribution in [3.05, 3.63) is 71.8 Å². The number of nitrogens with one attached hydrogen (secondary N) is 1. The summed E-state index contributed by atoms with van der Waals surface area (Å²) in [5.74, 6) is -1.14. The van der Waals surface area contributed by atoms with Gasteiger partial charge in [0.25, 0.3) is 5.91 Å². The minimum atomic E-state index is -2.96. The van der Waals surface area contributed by atoms with Gasteiger partial charge < -0.3 is 5.32 Å². The molecular formula is C17H17F2NO. The molecule has 0 bridgehead atoms. The van der Waals surface area contributed by atoms with Crippen molar-refractivity contribution in [3.63, 3.8) is 0 Å². The molecule has 0 spiro atoms. The fraction of sp³-hybridized carbons (Fsp3) is 0.235. The van der Waals surface area contributed by atoms with Gasteiger partial charge in [-0.05, 0) is 17.5 Å². The summed E-state index contributed by atoms with van der Waals surface area (Å²) in [4.78, 5) is 10.9. The van der Waals surface area contributed by atoms with E-state index < -0.39 is 12.3 Å². The molecule has 0 saturated carbocycles. The first-order valence-corrected chi connectivity index (χ1v) is 6.84. The molecule has 2 nitrogen and oxygen atoms in total. The van der Waals surface area contributed by atoms with Crippen molar-refractivity contribution in [2.24, 2.45) is 0 Å². The summed E-state index contributed by atoms with van der Waals surface area (Å²) < 4.78 is 24.4. The number of hydrogen-bond acceptors (Lipinski definition) is 1. The summed E-state index contributed by atoms with van der Waals surface area (Å²) in [5, 5.41) is 2.26. The van der Waals surface area contributed by atoms with Crippen molar-refractivity contribution in [3.8, 4) is 0 Å². The molecule has 4 heteroatoms. The zero-order chi connectivity index (χ0) is 15.1. The lowest BCUT2D eigenvalue weighted by Gasteiger charge is -2.18. The van der Waals surface area contributed by atoms with Gasteiger partial charge in [0.15, 0.2) is 0 Å². The van der Waals surface area contributed by atoms with E-state index in [-0.39, 0.29) is 12.5 Å². The summed E-state index contributed by atoms with van der Waals surface area (Å²) in [6, 6.07) is 19.7. The van der Waals surface area contributed by atoms with Crippen LogP contribution in [0.5, 0.6) is 0 Å². The molecule has 110 valence electrons. The van der Waals surface area contributed by atoms with E-state index in [0.29, 0.717) is 6.42 Å². The summed E-state index contributed by atoms with van der Waals surface area (Å²) >= 11 is 0. The van der Waals surface area contributed by atoms with Gasteiger partial charge >= 0.3 is 6.43 Å². The SMILES string of the molecule is O=C(NCCC(c1ccccc1)c1ccccc1)C(F)F. The molecule has 0 heterocycles. The van der Waals surface area contributed by atoms with Crippen molar-refractivity contribution in [2.75, 3.05) is 6.54 Å². The monoisotopic (exact) mass is 289 g/mol. The topological polar surface area (TPSA) is 29.1 Å². The number of amides is 1. The van der Waals surface area contributed by atoms with Gasteiger partial charge in [-0.3, -0.25) is 4.79 Å². The zero-order valence-corrected chi connectivity index (χ0v) is 11.5. The van der Waals surface area contributed by atoms with Crippen LogP contribution in [0, 0.1) is 0 Å². The lowest BCUT2D eigenvalue weighted by atomic mass is 9.88. The minimum absolute atomic E-state index is 0.0744. The molecule has 1 amide bonds. The predicted octanol–water partition coefficient (Wildman–Crippen LogP) is 3.59. The smallest absolute Gasteiger partial charge is 0.315 e. The molecule has 0 aliphatic rings. The predicted molar refractivity (Wildman–Crippen MR) is 78.4 cm³/mol. The number of halogens is 2. The van der Waals surface area contributed by atoms with Crippen molar-refractivity contribution in [2.45, 2.75) is 18.8 Å². The Balaban J connectivity index is 2.09. The van der Waals surface area contributed by atoms with E-state index in [1.54, 1.807) is 0 Å². The van der Waals surface area contributed by atoms with E-state index in [1.165, 1.54) is 0 Å². The maximum atomic E-state index is 12.2. The Bertz CT molecular complexity index is 518. The van der Waals surface area contributed by atoms with Crippen LogP contribution in [0.25, 0.3) is 0 Å². The maximum absolute atomic E-state index is 12.2. The average molecular weight is 289 g/mol. The second kappa shape index (κ2) is 7.53. The number of benzene rings is 2. The van der Waals surface area contributed by atoms with Gasteiger partial charge in [-0.25, -0.2) is 0 Å². The van der Waals surface area contributed by atoms with Crippen molar-refractivity contribution in [1.29, 1.82) is 0 Å². The van der Waals surface area contributed by atoms with Crippen LogP contribution < -0.4 is 5.32 Å². The van der Waals surface area contributed by atoms with Crippen molar-refractivity contribution < 1.29 is 13.6 Å². The molecule has 0 fully saturated rings. The molecule has 0 unspecified atom stereocenters. The van der Waals surface area contributed by atoms with Crippen molar-refractivity contribution >= 4 is 5.91 Å². The maximum Gasteiger partial charge on any atom is 0.315 e. The molecule has 2 rings (SSSR count). The highest BCUT2D eigenvalue weighted by Gasteiger charge is 2.17. The summed E-state index contributed by atoms with van der Waals surface area (Å²) in [6.45, 7) is 0.220. The first-order chi connectivity index (χ1) is 10.2. The van der Waals surface area contributed by atoms with Crippen LogP contribution in [0.2, 0.25) is 0 Å². The summed E-state index contributed by atoms with van der Waals surface area (Å²) in [6.07, 6.45) is -2.39. The molecular weight excluding hydrogens is 272 g/mol. The first kappa shape index (κ1) is 15.2. The third kappa shape index (κ3) is 4.38.